The van der Waals surface area contributed by atoms with Crippen molar-refractivity contribution in [3.63, 3.8) is 0 Å². The highest BCUT2D eigenvalue weighted by Gasteiger charge is 2.28. The molecular weight excluding hydrogens is 362 g/mol. The quantitative estimate of drug-likeness (QED) is 0.790. The van der Waals surface area contributed by atoms with Gasteiger partial charge in [-0.3, -0.25) is 4.79 Å². The average Bonchev–Trinajstić information content (AvgIpc) is 3.16. The number of ether oxygens (including phenoxy) is 1. The van der Waals surface area contributed by atoms with Crippen LogP contribution in [0.1, 0.15) is 30.4 Å². The van der Waals surface area contributed by atoms with Crippen molar-refractivity contribution in [3.05, 3.63) is 35.9 Å². The van der Waals surface area contributed by atoms with Gasteiger partial charge in [0.15, 0.2) is 0 Å². The van der Waals surface area contributed by atoms with Gasteiger partial charge in [0.25, 0.3) is 0 Å². The van der Waals surface area contributed by atoms with Gasteiger partial charge in [-0.05, 0) is 31.0 Å². The van der Waals surface area contributed by atoms with Crippen molar-refractivity contribution in [2.24, 2.45) is 0 Å². The maximum atomic E-state index is 12.6. The monoisotopic (exact) mass is 387 g/mol. The number of nitrogens with one attached hydrogen (secondary N) is 1. The molecule has 3 heterocycles. The number of thioether (sulfide) groups is 1. The Balaban J connectivity index is 1.30. The van der Waals surface area contributed by atoms with Crippen LogP contribution in [0, 0.1) is 0 Å². The molecule has 4 rings (SSSR count). The van der Waals surface area contributed by atoms with Crippen molar-refractivity contribution in [1.82, 2.24) is 25.0 Å². The lowest BCUT2D eigenvalue weighted by Gasteiger charge is -2.32. The molecule has 1 aromatic heterocycles. The van der Waals surface area contributed by atoms with Crippen LogP contribution in [0.4, 0.5) is 0 Å². The fraction of sp³-hybridized carbons (Fsp3) is 0.526. The van der Waals surface area contributed by atoms with E-state index in [1.165, 1.54) is 0 Å². The Hall–Kier alpha value is -2.06. The molecule has 1 saturated heterocycles. The van der Waals surface area contributed by atoms with Crippen LogP contribution < -0.4 is 10.1 Å². The molecule has 2 aliphatic heterocycles. The molecule has 0 radical (unpaired) electrons. The number of carbonyl (C=O) groups excluding carboxylic acids is 1. The number of rotatable bonds is 5. The van der Waals surface area contributed by atoms with E-state index >= 15 is 0 Å². The van der Waals surface area contributed by atoms with E-state index < -0.39 is 0 Å². The lowest BCUT2D eigenvalue weighted by Crippen LogP contribution is -2.39. The van der Waals surface area contributed by atoms with E-state index in [1.54, 1.807) is 18.9 Å². The summed E-state index contributed by atoms with van der Waals surface area (Å²) in [5, 5.41) is 12.1. The number of carbonyl (C=O) groups is 1. The van der Waals surface area contributed by atoms with Gasteiger partial charge in [-0.2, -0.15) is 0 Å². The normalized spacial score (nSPS) is 17.6. The Labute approximate surface area is 163 Å². The number of piperidine rings is 1. The van der Waals surface area contributed by atoms with Crippen molar-refractivity contribution >= 4 is 17.7 Å². The van der Waals surface area contributed by atoms with Crippen LogP contribution in [-0.4, -0.2) is 58.1 Å². The first-order valence-electron chi connectivity index (χ1n) is 9.42. The number of likely N-dealkylation sites (tertiary alicyclic amines) is 1. The minimum Gasteiger partial charge on any atom is -0.497 e. The first-order chi connectivity index (χ1) is 13.2. The first-order valence-corrected chi connectivity index (χ1v) is 10.4. The average molecular weight is 388 g/mol. The van der Waals surface area contributed by atoms with E-state index in [0.717, 1.165) is 67.9 Å². The molecule has 0 bridgehead atoms. The molecule has 1 fully saturated rings. The summed E-state index contributed by atoms with van der Waals surface area (Å²) in [7, 11) is 1.65. The van der Waals surface area contributed by atoms with E-state index in [4.69, 9.17) is 4.74 Å². The summed E-state index contributed by atoms with van der Waals surface area (Å²) < 4.78 is 7.50. The molecule has 2 aromatic rings. The second kappa shape index (κ2) is 8.31. The van der Waals surface area contributed by atoms with Crippen molar-refractivity contribution in [2.45, 2.75) is 36.7 Å². The number of nitrogens with zero attached hydrogens (tertiary/aromatic N) is 4. The third-order valence-corrected chi connectivity index (χ3v) is 6.25. The highest BCUT2D eigenvalue weighted by molar-refractivity contribution is 8.00. The van der Waals surface area contributed by atoms with Gasteiger partial charge in [-0.15, -0.1) is 22.0 Å². The van der Waals surface area contributed by atoms with E-state index in [0.29, 0.717) is 11.7 Å². The first kappa shape index (κ1) is 18.3. The maximum Gasteiger partial charge on any atom is 0.232 e. The molecule has 0 unspecified atom stereocenters. The third kappa shape index (κ3) is 4.11. The summed E-state index contributed by atoms with van der Waals surface area (Å²) in [5.74, 6) is 4.02. The molecule has 0 atom stereocenters. The second-order valence-electron chi connectivity index (χ2n) is 6.93. The zero-order chi connectivity index (χ0) is 18.6. The topological polar surface area (TPSA) is 72.3 Å². The van der Waals surface area contributed by atoms with E-state index in [9.17, 15) is 4.79 Å². The van der Waals surface area contributed by atoms with Crippen LogP contribution in [0.3, 0.4) is 0 Å². The molecule has 0 aliphatic carbocycles. The summed E-state index contributed by atoms with van der Waals surface area (Å²) in [6.45, 7) is 4.29. The van der Waals surface area contributed by atoms with E-state index in [-0.39, 0.29) is 5.91 Å². The summed E-state index contributed by atoms with van der Waals surface area (Å²) in [6, 6.07) is 7.84. The smallest absolute Gasteiger partial charge is 0.232 e. The summed E-state index contributed by atoms with van der Waals surface area (Å²) in [6.07, 6.45) is 1.92. The van der Waals surface area contributed by atoms with Crippen LogP contribution >= 0.6 is 11.8 Å². The van der Waals surface area contributed by atoms with Gasteiger partial charge in [0, 0.05) is 37.0 Å². The number of methoxy groups -OCH3 is 1. The van der Waals surface area contributed by atoms with Gasteiger partial charge in [0.2, 0.25) is 5.91 Å². The SMILES string of the molecule is COc1cccc(SCC(=O)N2CCC(c3nnc4n3CCNC4)CC2)c1. The molecule has 1 N–H and O–H groups in total. The predicted octanol–water partition coefficient (Wildman–Crippen LogP) is 1.89. The number of amides is 1. The molecule has 1 amide bonds. The van der Waals surface area contributed by atoms with Gasteiger partial charge in [-0.25, -0.2) is 0 Å². The largest absolute Gasteiger partial charge is 0.497 e. The molecule has 0 saturated carbocycles. The van der Waals surface area contributed by atoms with Gasteiger partial charge in [0.05, 0.1) is 19.4 Å². The van der Waals surface area contributed by atoms with Crippen molar-refractivity contribution in [3.8, 4) is 5.75 Å². The third-order valence-electron chi connectivity index (χ3n) is 5.27. The number of hydrogen-bond donors (Lipinski definition) is 1. The highest BCUT2D eigenvalue weighted by Crippen LogP contribution is 2.29. The van der Waals surface area contributed by atoms with Crippen molar-refractivity contribution < 1.29 is 9.53 Å². The van der Waals surface area contributed by atoms with Crippen LogP contribution in [0.25, 0.3) is 0 Å². The van der Waals surface area contributed by atoms with Gasteiger partial charge in [-0.1, -0.05) is 6.07 Å². The molecule has 0 spiro atoms. The maximum absolute atomic E-state index is 12.6. The zero-order valence-electron chi connectivity index (χ0n) is 15.6. The summed E-state index contributed by atoms with van der Waals surface area (Å²) >= 11 is 1.56. The predicted molar refractivity (Wildman–Crippen MR) is 104 cm³/mol. The number of hydrogen-bond acceptors (Lipinski definition) is 6. The fourth-order valence-corrected chi connectivity index (χ4v) is 4.58. The highest BCUT2D eigenvalue weighted by atomic mass is 32.2. The number of benzene rings is 1. The Morgan fingerprint density at radius 1 is 1.30 bits per heavy atom. The Morgan fingerprint density at radius 3 is 2.96 bits per heavy atom. The fourth-order valence-electron chi connectivity index (χ4n) is 3.73. The van der Waals surface area contributed by atoms with E-state index in [2.05, 4.69) is 20.1 Å². The Morgan fingerprint density at radius 2 is 2.15 bits per heavy atom. The minimum absolute atomic E-state index is 0.203. The molecule has 7 nitrogen and oxygen atoms in total. The molecule has 27 heavy (non-hydrogen) atoms. The zero-order valence-corrected chi connectivity index (χ0v) is 16.4. The number of fused-ring (bicyclic) bond motifs is 1. The summed E-state index contributed by atoms with van der Waals surface area (Å²) in [4.78, 5) is 15.6. The Bertz CT molecular complexity index is 801. The van der Waals surface area contributed by atoms with Gasteiger partial charge < -0.3 is 19.5 Å². The van der Waals surface area contributed by atoms with Crippen molar-refractivity contribution in [1.29, 1.82) is 0 Å². The van der Waals surface area contributed by atoms with Crippen molar-refractivity contribution in [2.75, 3.05) is 32.5 Å². The lowest BCUT2D eigenvalue weighted by atomic mass is 9.95. The minimum atomic E-state index is 0.203. The lowest BCUT2D eigenvalue weighted by molar-refractivity contribution is -0.129. The molecule has 2 aliphatic rings. The van der Waals surface area contributed by atoms with Crippen LogP contribution in [0.2, 0.25) is 0 Å². The molecular formula is C19H25N5O2S. The van der Waals surface area contributed by atoms with Gasteiger partial charge >= 0.3 is 0 Å². The molecule has 8 heteroatoms. The molecule has 1 aromatic carbocycles. The molecule has 144 valence electrons. The standard InChI is InChI=1S/C19H25N5O2S/c1-26-15-3-2-4-16(11-15)27-13-18(25)23-8-5-14(6-9-23)19-22-21-17-12-20-7-10-24(17)19/h2-4,11,14,20H,5-10,12-13H2,1H3. The van der Waals surface area contributed by atoms with Crippen LogP contribution in [-0.2, 0) is 17.9 Å². The van der Waals surface area contributed by atoms with Crippen LogP contribution in [0.5, 0.6) is 5.75 Å². The second-order valence-corrected chi connectivity index (χ2v) is 7.97. The van der Waals surface area contributed by atoms with Gasteiger partial charge in [0.1, 0.15) is 17.4 Å². The van der Waals surface area contributed by atoms with E-state index in [1.807, 2.05) is 29.2 Å². The summed E-state index contributed by atoms with van der Waals surface area (Å²) in [5.41, 5.74) is 0. The van der Waals surface area contributed by atoms with Crippen LogP contribution in [0.15, 0.2) is 29.2 Å². The Kier molecular flexibility index (Phi) is 5.63. The number of aromatic nitrogens is 3.